The van der Waals surface area contributed by atoms with Crippen LogP contribution in [0.3, 0.4) is 0 Å². The largest absolute Gasteiger partial charge is 0.450 e. The van der Waals surface area contributed by atoms with E-state index in [9.17, 15) is 22.8 Å². The van der Waals surface area contributed by atoms with Crippen LogP contribution in [0.2, 0.25) is 0 Å². The van der Waals surface area contributed by atoms with Crippen molar-refractivity contribution < 1.29 is 22.5 Å². The highest BCUT2D eigenvalue weighted by Crippen LogP contribution is 2.32. The molecule has 11 heteroatoms. The Morgan fingerprint density at radius 2 is 1.79 bits per heavy atom. The minimum absolute atomic E-state index is 0.0748. The molecule has 29 heavy (non-hydrogen) atoms. The van der Waals surface area contributed by atoms with Crippen LogP contribution in [0.4, 0.5) is 18.0 Å². The predicted octanol–water partition coefficient (Wildman–Crippen LogP) is 3.04. The lowest BCUT2D eigenvalue weighted by Gasteiger charge is -2.15. The normalized spacial score (nSPS) is 14.4. The van der Waals surface area contributed by atoms with Gasteiger partial charge in [-0.25, -0.2) is 19.6 Å². The van der Waals surface area contributed by atoms with E-state index in [1.54, 1.807) is 0 Å². The summed E-state index contributed by atoms with van der Waals surface area (Å²) in [5, 5.41) is 3.63. The number of alkyl halides is 3. The Hall–Kier alpha value is -3.50. The number of amides is 1. The summed E-state index contributed by atoms with van der Waals surface area (Å²) in [4.78, 5) is 34.2. The second-order valence-corrected chi connectivity index (χ2v) is 6.45. The first-order chi connectivity index (χ1) is 13.8. The lowest BCUT2D eigenvalue weighted by molar-refractivity contribution is -0.137. The van der Waals surface area contributed by atoms with Gasteiger partial charge >= 0.3 is 18.0 Å². The maximum Gasteiger partial charge on any atom is 0.450 e. The van der Waals surface area contributed by atoms with E-state index >= 15 is 0 Å². The molecule has 1 saturated heterocycles. The van der Waals surface area contributed by atoms with Crippen LogP contribution in [0.25, 0.3) is 22.8 Å². The zero-order valence-electron chi connectivity index (χ0n) is 14.9. The van der Waals surface area contributed by atoms with Crippen LogP contribution in [0, 0.1) is 0 Å². The van der Waals surface area contributed by atoms with Crippen molar-refractivity contribution in [1.82, 2.24) is 24.6 Å². The number of carbonyl (C=O) groups is 1. The lowest BCUT2D eigenvalue weighted by atomic mass is 10.1. The van der Waals surface area contributed by atoms with Crippen molar-refractivity contribution in [1.29, 1.82) is 0 Å². The van der Waals surface area contributed by atoms with Gasteiger partial charge in [-0.15, -0.1) is 0 Å². The topological polar surface area (TPSA) is 94.1 Å². The SMILES string of the molecule is O=C(N1CCCC1)n1c(-c2cc(-c3cccc(C(F)(F)F)c3)ncn2)noc1=O. The van der Waals surface area contributed by atoms with Gasteiger partial charge in [0.2, 0.25) is 5.82 Å². The molecule has 1 fully saturated rings. The van der Waals surface area contributed by atoms with Crippen LogP contribution >= 0.6 is 0 Å². The van der Waals surface area contributed by atoms with Gasteiger partial charge in [0.1, 0.15) is 12.0 Å². The molecule has 0 spiro atoms. The molecule has 3 aromatic rings. The molecule has 4 rings (SSSR count). The lowest BCUT2D eigenvalue weighted by Crippen LogP contribution is -2.37. The molecule has 0 aliphatic carbocycles. The molecule has 0 radical (unpaired) electrons. The molecular weight excluding hydrogens is 391 g/mol. The van der Waals surface area contributed by atoms with Crippen LogP contribution < -0.4 is 5.76 Å². The summed E-state index contributed by atoms with van der Waals surface area (Å²) in [5.74, 6) is -1.10. The molecule has 0 atom stereocenters. The number of benzene rings is 1. The Morgan fingerprint density at radius 3 is 2.52 bits per heavy atom. The minimum Gasteiger partial charge on any atom is -0.324 e. The second kappa shape index (κ2) is 7.15. The highest BCUT2D eigenvalue weighted by molar-refractivity contribution is 5.81. The monoisotopic (exact) mass is 405 g/mol. The van der Waals surface area contributed by atoms with Crippen molar-refractivity contribution in [2.24, 2.45) is 0 Å². The predicted molar refractivity (Wildman–Crippen MR) is 93.8 cm³/mol. The van der Waals surface area contributed by atoms with Gasteiger partial charge in [-0.05, 0) is 31.0 Å². The average Bonchev–Trinajstić information content (AvgIpc) is 3.37. The van der Waals surface area contributed by atoms with E-state index in [0.717, 1.165) is 35.9 Å². The maximum absolute atomic E-state index is 13.0. The quantitative estimate of drug-likeness (QED) is 0.651. The second-order valence-electron chi connectivity index (χ2n) is 6.45. The average molecular weight is 405 g/mol. The van der Waals surface area contributed by atoms with Crippen LogP contribution in [-0.2, 0) is 6.18 Å². The van der Waals surface area contributed by atoms with Crippen molar-refractivity contribution in [3.8, 4) is 22.8 Å². The molecule has 1 amide bonds. The van der Waals surface area contributed by atoms with Crippen molar-refractivity contribution >= 4 is 6.03 Å². The van der Waals surface area contributed by atoms with Gasteiger partial charge in [0.05, 0.1) is 11.3 Å². The molecule has 2 aromatic heterocycles. The third kappa shape index (κ3) is 3.62. The maximum atomic E-state index is 13.0. The summed E-state index contributed by atoms with van der Waals surface area (Å²) in [7, 11) is 0. The smallest absolute Gasteiger partial charge is 0.324 e. The van der Waals surface area contributed by atoms with Gasteiger partial charge in [-0.3, -0.25) is 4.52 Å². The first-order valence-electron chi connectivity index (χ1n) is 8.72. The number of nitrogens with zero attached hydrogens (tertiary/aromatic N) is 5. The van der Waals surface area contributed by atoms with E-state index in [4.69, 9.17) is 0 Å². The van der Waals surface area contributed by atoms with Gasteiger partial charge in [0.25, 0.3) is 0 Å². The summed E-state index contributed by atoms with van der Waals surface area (Å²) < 4.78 is 44.4. The molecule has 0 unspecified atom stereocenters. The molecule has 1 aliphatic heterocycles. The van der Waals surface area contributed by atoms with Crippen LogP contribution in [0.15, 0.2) is 46.0 Å². The number of likely N-dealkylation sites (tertiary alicyclic amines) is 1. The Balaban J connectivity index is 1.74. The Labute approximate surface area is 161 Å². The summed E-state index contributed by atoms with van der Waals surface area (Å²) in [6.45, 7) is 1.02. The molecule has 3 heterocycles. The molecule has 1 aromatic carbocycles. The zero-order chi connectivity index (χ0) is 20.6. The third-order valence-corrected chi connectivity index (χ3v) is 4.55. The van der Waals surface area contributed by atoms with E-state index in [1.165, 1.54) is 23.1 Å². The van der Waals surface area contributed by atoms with Crippen molar-refractivity contribution in [2.75, 3.05) is 13.1 Å². The van der Waals surface area contributed by atoms with Gasteiger partial charge < -0.3 is 4.90 Å². The highest BCUT2D eigenvalue weighted by Gasteiger charge is 2.31. The molecule has 1 aliphatic rings. The van der Waals surface area contributed by atoms with Crippen molar-refractivity contribution in [3.05, 3.63) is 52.8 Å². The first-order valence-corrected chi connectivity index (χ1v) is 8.72. The highest BCUT2D eigenvalue weighted by atomic mass is 19.4. The number of hydrogen-bond acceptors (Lipinski definition) is 6. The van der Waals surface area contributed by atoms with Crippen LogP contribution in [0.1, 0.15) is 18.4 Å². The Bertz CT molecular complexity index is 1120. The zero-order valence-corrected chi connectivity index (χ0v) is 14.9. The third-order valence-electron chi connectivity index (χ3n) is 4.55. The van der Waals surface area contributed by atoms with E-state index in [0.29, 0.717) is 13.1 Å². The fourth-order valence-corrected chi connectivity index (χ4v) is 3.12. The molecule has 8 nitrogen and oxygen atoms in total. The van der Waals surface area contributed by atoms with Gasteiger partial charge in [0, 0.05) is 18.7 Å². The Morgan fingerprint density at radius 1 is 1.07 bits per heavy atom. The fourth-order valence-electron chi connectivity index (χ4n) is 3.12. The molecule has 0 N–H and O–H groups in total. The standard InChI is InChI=1S/C18H14F3N5O3/c19-18(20,21)12-5-3-4-11(8-12)13-9-14(23-10-22-13)15-24-29-17(28)26(15)16(27)25-6-1-2-7-25/h3-5,8-10H,1-2,6-7H2. The number of hydrogen-bond donors (Lipinski definition) is 0. The van der Waals surface area contributed by atoms with Crippen molar-refractivity contribution in [3.63, 3.8) is 0 Å². The Kier molecular flexibility index (Phi) is 4.65. The summed E-state index contributed by atoms with van der Waals surface area (Å²) in [6.07, 6.45) is -1.72. The minimum atomic E-state index is -4.50. The molecule has 0 saturated carbocycles. The van der Waals surface area contributed by atoms with E-state index < -0.39 is 23.5 Å². The van der Waals surface area contributed by atoms with E-state index in [-0.39, 0.29) is 22.8 Å². The van der Waals surface area contributed by atoms with Gasteiger partial charge in [-0.2, -0.15) is 17.7 Å². The van der Waals surface area contributed by atoms with Gasteiger partial charge in [0.15, 0.2) is 0 Å². The fraction of sp³-hybridized carbons (Fsp3) is 0.278. The van der Waals surface area contributed by atoms with E-state index in [1.807, 2.05) is 0 Å². The van der Waals surface area contributed by atoms with Crippen molar-refractivity contribution in [2.45, 2.75) is 19.0 Å². The summed E-state index contributed by atoms with van der Waals surface area (Å²) >= 11 is 0. The summed E-state index contributed by atoms with van der Waals surface area (Å²) in [5.41, 5.74) is -0.369. The first kappa shape index (κ1) is 18.8. The molecular formula is C18H14F3N5O3. The number of aromatic nitrogens is 4. The van der Waals surface area contributed by atoms with Crippen LogP contribution in [0.5, 0.6) is 0 Å². The number of rotatable bonds is 2. The number of carbonyl (C=O) groups excluding carboxylic acids is 1. The number of halogens is 3. The summed E-state index contributed by atoms with van der Waals surface area (Å²) in [6, 6.07) is 5.41. The van der Waals surface area contributed by atoms with Crippen LogP contribution in [-0.4, -0.2) is 43.7 Å². The molecule has 0 bridgehead atoms. The van der Waals surface area contributed by atoms with Gasteiger partial charge in [-0.1, -0.05) is 17.3 Å². The molecule has 150 valence electrons. The van der Waals surface area contributed by atoms with E-state index in [2.05, 4.69) is 19.6 Å².